The van der Waals surface area contributed by atoms with Crippen molar-refractivity contribution in [1.29, 1.82) is 0 Å². The standard InChI is InChI=1S/C21H28N2O3S2/c1-12(2)23(20(24)14-7-5-13(3)6-8-14)15-11-17(16-9-10-18(22)27-16)28-19(15)21(25)26-4/h9-14H,5-8,22H2,1-4H3/t13-,14-. The van der Waals surface area contributed by atoms with E-state index in [1.165, 1.54) is 29.8 Å². The Morgan fingerprint density at radius 2 is 1.82 bits per heavy atom. The van der Waals surface area contributed by atoms with Crippen molar-refractivity contribution in [1.82, 2.24) is 0 Å². The highest BCUT2D eigenvalue weighted by molar-refractivity contribution is 7.25. The van der Waals surface area contributed by atoms with Crippen LogP contribution in [0.5, 0.6) is 0 Å². The zero-order valence-corrected chi connectivity index (χ0v) is 18.5. The Morgan fingerprint density at radius 1 is 1.14 bits per heavy atom. The number of anilines is 2. The summed E-state index contributed by atoms with van der Waals surface area (Å²) in [5.41, 5.74) is 6.53. The van der Waals surface area contributed by atoms with Crippen molar-refractivity contribution >= 4 is 45.2 Å². The fraction of sp³-hybridized carbons (Fsp3) is 0.524. The summed E-state index contributed by atoms with van der Waals surface area (Å²) in [6.07, 6.45) is 3.98. The number of carbonyl (C=O) groups excluding carboxylic acids is 2. The van der Waals surface area contributed by atoms with Crippen molar-refractivity contribution in [2.75, 3.05) is 17.7 Å². The van der Waals surface area contributed by atoms with Gasteiger partial charge in [-0.05, 0) is 63.6 Å². The number of nitrogens with zero attached hydrogens (tertiary/aromatic N) is 1. The smallest absolute Gasteiger partial charge is 0.350 e. The number of hydrogen-bond acceptors (Lipinski definition) is 6. The van der Waals surface area contributed by atoms with E-state index >= 15 is 0 Å². The van der Waals surface area contributed by atoms with Crippen LogP contribution in [-0.2, 0) is 9.53 Å². The van der Waals surface area contributed by atoms with Crippen LogP contribution in [0, 0.1) is 11.8 Å². The Labute approximate surface area is 174 Å². The third kappa shape index (κ3) is 4.25. The highest BCUT2D eigenvalue weighted by Crippen LogP contribution is 2.42. The third-order valence-corrected chi connectivity index (χ3v) is 7.55. The lowest BCUT2D eigenvalue weighted by Crippen LogP contribution is -2.42. The average molecular weight is 421 g/mol. The minimum absolute atomic E-state index is 0.0184. The van der Waals surface area contributed by atoms with Gasteiger partial charge in [0, 0.05) is 21.7 Å². The molecule has 2 aromatic heterocycles. The van der Waals surface area contributed by atoms with Crippen molar-refractivity contribution in [3.05, 3.63) is 23.1 Å². The molecule has 3 rings (SSSR count). The maximum atomic E-state index is 13.4. The van der Waals surface area contributed by atoms with Gasteiger partial charge in [0.1, 0.15) is 4.88 Å². The van der Waals surface area contributed by atoms with E-state index in [0.29, 0.717) is 16.5 Å². The molecule has 1 saturated carbocycles. The largest absolute Gasteiger partial charge is 0.465 e. The van der Waals surface area contributed by atoms with E-state index in [9.17, 15) is 9.59 Å². The van der Waals surface area contributed by atoms with Crippen LogP contribution in [0.25, 0.3) is 9.75 Å². The number of nitrogens with two attached hydrogens (primary N) is 1. The summed E-state index contributed by atoms with van der Waals surface area (Å²) in [7, 11) is 1.37. The molecule has 1 fully saturated rings. The van der Waals surface area contributed by atoms with Crippen molar-refractivity contribution in [3.63, 3.8) is 0 Å². The van der Waals surface area contributed by atoms with E-state index in [4.69, 9.17) is 10.5 Å². The first-order valence-corrected chi connectivity index (χ1v) is 11.4. The predicted molar refractivity (Wildman–Crippen MR) is 117 cm³/mol. The van der Waals surface area contributed by atoms with Crippen molar-refractivity contribution in [2.45, 2.75) is 52.5 Å². The Kier molecular flexibility index (Phi) is 6.45. The molecule has 5 nitrogen and oxygen atoms in total. The summed E-state index contributed by atoms with van der Waals surface area (Å²) < 4.78 is 5.01. The number of hydrogen-bond donors (Lipinski definition) is 1. The lowest BCUT2D eigenvalue weighted by molar-refractivity contribution is -0.123. The maximum absolute atomic E-state index is 13.4. The van der Waals surface area contributed by atoms with Gasteiger partial charge in [0.2, 0.25) is 5.91 Å². The second kappa shape index (κ2) is 8.66. The molecule has 0 unspecified atom stereocenters. The van der Waals surface area contributed by atoms with Gasteiger partial charge >= 0.3 is 5.97 Å². The van der Waals surface area contributed by atoms with Crippen LogP contribution in [0.15, 0.2) is 18.2 Å². The van der Waals surface area contributed by atoms with E-state index in [2.05, 4.69) is 6.92 Å². The zero-order chi connectivity index (χ0) is 20.4. The average Bonchev–Trinajstić information content (AvgIpc) is 3.28. The summed E-state index contributed by atoms with van der Waals surface area (Å²) in [5, 5.41) is 0.720. The monoisotopic (exact) mass is 420 g/mol. The molecule has 1 aliphatic rings. The molecule has 2 heterocycles. The van der Waals surface area contributed by atoms with Crippen LogP contribution in [0.2, 0.25) is 0 Å². The number of methoxy groups -OCH3 is 1. The highest BCUT2D eigenvalue weighted by atomic mass is 32.1. The van der Waals surface area contributed by atoms with Crippen LogP contribution in [0.1, 0.15) is 56.1 Å². The molecule has 28 heavy (non-hydrogen) atoms. The molecule has 152 valence electrons. The summed E-state index contributed by atoms with van der Waals surface area (Å²) in [5.74, 6) is 0.401. The van der Waals surface area contributed by atoms with E-state index in [1.54, 1.807) is 4.90 Å². The number of nitrogen functional groups attached to an aromatic ring is 1. The number of ether oxygens (including phenoxy) is 1. The Morgan fingerprint density at radius 3 is 2.36 bits per heavy atom. The minimum atomic E-state index is -0.411. The molecule has 2 N–H and O–H groups in total. The van der Waals surface area contributed by atoms with Gasteiger partial charge < -0.3 is 15.4 Å². The summed E-state index contributed by atoms with van der Waals surface area (Å²) >= 11 is 2.83. The SMILES string of the molecule is COC(=O)c1sc(-c2ccc(N)s2)cc1N(C(=O)[C@H]1CC[C@H](C)CC1)C(C)C. The van der Waals surface area contributed by atoms with Gasteiger partial charge in [-0.15, -0.1) is 22.7 Å². The Balaban J connectivity index is 2.00. The van der Waals surface area contributed by atoms with E-state index in [1.807, 2.05) is 32.0 Å². The van der Waals surface area contributed by atoms with Gasteiger partial charge in [0.25, 0.3) is 0 Å². The summed E-state index contributed by atoms with van der Waals surface area (Å²) in [6.45, 7) is 6.23. The molecule has 0 radical (unpaired) electrons. The fourth-order valence-electron chi connectivity index (χ4n) is 3.76. The van der Waals surface area contributed by atoms with Crippen LogP contribution in [0.3, 0.4) is 0 Å². The van der Waals surface area contributed by atoms with Gasteiger partial charge in [0.05, 0.1) is 17.8 Å². The van der Waals surface area contributed by atoms with Gasteiger partial charge in [-0.1, -0.05) is 6.92 Å². The zero-order valence-electron chi connectivity index (χ0n) is 16.9. The molecule has 1 aliphatic carbocycles. The fourth-order valence-corrected chi connectivity index (χ4v) is 5.68. The van der Waals surface area contributed by atoms with Crippen LogP contribution < -0.4 is 10.6 Å². The minimum Gasteiger partial charge on any atom is -0.465 e. The molecule has 0 saturated heterocycles. The van der Waals surface area contributed by atoms with Gasteiger partial charge in [-0.25, -0.2) is 4.79 Å². The summed E-state index contributed by atoms with van der Waals surface area (Å²) in [6, 6.07) is 5.68. The van der Waals surface area contributed by atoms with Crippen LogP contribution in [-0.4, -0.2) is 25.0 Å². The number of carbonyl (C=O) groups is 2. The van der Waals surface area contributed by atoms with Crippen molar-refractivity contribution < 1.29 is 14.3 Å². The Bertz CT molecular complexity index is 848. The van der Waals surface area contributed by atoms with Crippen molar-refractivity contribution in [2.24, 2.45) is 11.8 Å². The van der Waals surface area contributed by atoms with E-state index in [-0.39, 0.29) is 17.9 Å². The molecule has 2 aromatic rings. The highest BCUT2D eigenvalue weighted by Gasteiger charge is 2.33. The molecule has 7 heteroatoms. The number of rotatable bonds is 5. The van der Waals surface area contributed by atoms with Gasteiger partial charge in [0.15, 0.2) is 0 Å². The van der Waals surface area contributed by atoms with E-state index in [0.717, 1.165) is 40.4 Å². The lowest BCUT2D eigenvalue weighted by Gasteiger charge is -2.33. The summed E-state index contributed by atoms with van der Waals surface area (Å²) in [4.78, 5) is 30.1. The first kappa shape index (κ1) is 20.9. The van der Waals surface area contributed by atoms with E-state index < -0.39 is 5.97 Å². The van der Waals surface area contributed by atoms with Gasteiger partial charge in [-0.2, -0.15) is 0 Å². The van der Waals surface area contributed by atoms with Crippen LogP contribution in [0.4, 0.5) is 10.7 Å². The first-order chi connectivity index (χ1) is 13.3. The first-order valence-electron chi connectivity index (χ1n) is 9.72. The van der Waals surface area contributed by atoms with Crippen molar-refractivity contribution in [3.8, 4) is 9.75 Å². The molecule has 0 aromatic carbocycles. The van der Waals surface area contributed by atoms with Gasteiger partial charge in [-0.3, -0.25) is 4.79 Å². The third-order valence-electron chi connectivity index (χ3n) is 5.33. The molecule has 0 aliphatic heterocycles. The normalized spacial score (nSPS) is 19.6. The Hall–Kier alpha value is -1.86. The number of esters is 1. The molecule has 0 bridgehead atoms. The molecule has 1 amide bonds. The molecular formula is C21H28N2O3S2. The molecular weight excluding hydrogens is 392 g/mol. The maximum Gasteiger partial charge on any atom is 0.350 e. The second-order valence-corrected chi connectivity index (χ2v) is 9.94. The lowest BCUT2D eigenvalue weighted by atomic mass is 9.82. The molecule has 0 spiro atoms. The van der Waals surface area contributed by atoms with Crippen LogP contribution >= 0.6 is 22.7 Å². The number of thiophene rings is 2. The molecule has 0 atom stereocenters. The number of amides is 1. The topological polar surface area (TPSA) is 72.6 Å². The predicted octanol–water partition coefficient (Wildman–Crippen LogP) is 5.41. The quantitative estimate of drug-likeness (QED) is 0.656. The second-order valence-electron chi connectivity index (χ2n) is 7.78.